The molecule has 0 spiro atoms. The Labute approximate surface area is 155 Å². The minimum Gasteiger partial charge on any atom is -0.494 e. The van der Waals surface area contributed by atoms with Crippen molar-refractivity contribution in [3.05, 3.63) is 65.2 Å². The maximum Gasteiger partial charge on any atom is 0.126 e. The number of rotatable bonds is 5. The van der Waals surface area contributed by atoms with Gasteiger partial charge in [0.1, 0.15) is 11.6 Å². The van der Waals surface area contributed by atoms with Gasteiger partial charge < -0.3 is 16.2 Å². The average molecular weight is 368 g/mol. The van der Waals surface area contributed by atoms with Crippen molar-refractivity contribution in [2.24, 2.45) is 16.5 Å². The van der Waals surface area contributed by atoms with Gasteiger partial charge in [0.25, 0.3) is 0 Å². The highest BCUT2D eigenvalue weighted by Crippen LogP contribution is 2.30. The largest absolute Gasteiger partial charge is 0.494 e. The van der Waals surface area contributed by atoms with Crippen molar-refractivity contribution in [1.29, 1.82) is 0 Å². The van der Waals surface area contributed by atoms with E-state index in [2.05, 4.69) is 17.1 Å². The van der Waals surface area contributed by atoms with Gasteiger partial charge in [0.05, 0.1) is 12.6 Å². The van der Waals surface area contributed by atoms with Crippen molar-refractivity contribution in [2.75, 3.05) is 13.2 Å². The lowest BCUT2D eigenvalue weighted by atomic mass is 9.92. The number of fused-ring (bicyclic) bond motifs is 1. The van der Waals surface area contributed by atoms with Gasteiger partial charge in [-0.2, -0.15) is 0 Å². The molecular weight excluding hydrogens is 345 g/mol. The maximum absolute atomic E-state index is 6.12. The molecule has 130 valence electrons. The highest BCUT2D eigenvalue weighted by atomic mass is 35.5. The van der Waals surface area contributed by atoms with Crippen LogP contribution in [0.3, 0.4) is 0 Å². The fourth-order valence-electron chi connectivity index (χ4n) is 2.72. The van der Waals surface area contributed by atoms with Crippen molar-refractivity contribution in [2.45, 2.75) is 18.9 Å². The number of nitrogens with zero attached hydrogens (tertiary/aromatic N) is 1. The number of amidine groups is 1. The second-order valence-electron chi connectivity index (χ2n) is 5.45. The van der Waals surface area contributed by atoms with Crippen LogP contribution in [0.15, 0.2) is 53.5 Å². The Hall–Kier alpha value is -1.75. The van der Waals surface area contributed by atoms with Crippen LogP contribution < -0.4 is 16.2 Å². The minimum absolute atomic E-state index is 0. The fraction of sp³-hybridized carbons (Fsp3) is 0.278. The summed E-state index contributed by atoms with van der Waals surface area (Å²) in [6.07, 6.45) is 1.72. The van der Waals surface area contributed by atoms with Crippen molar-refractivity contribution < 1.29 is 4.74 Å². The first-order valence-corrected chi connectivity index (χ1v) is 7.62. The predicted molar refractivity (Wildman–Crippen MR) is 104 cm³/mol. The summed E-state index contributed by atoms with van der Waals surface area (Å²) < 4.78 is 5.71. The number of hydrogen-bond donors (Lipinski definition) is 2. The van der Waals surface area contributed by atoms with E-state index in [0.717, 1.165) is 29.7 Å². The number of ether oxygens (including phenoxy) is 1. The zero-order valence-electron chi connectivity index (χ0n) is 13.4. The molecule has 3 rings (SSSR count). The van der Waals surface area contributed by atoms with Crippen molar-refractivity contribution in [3.8, 4) is 5.75 Å². The topological polar surface area (TPSA) is 73.6 Å². The Kier molecular flexibility index (Phi) is 8.05. The van der Waals surface area contributed by atoms with Crippen molar-refractivity contribution >= 4 is 30.6 Å². The molecule has 0 saturated carbocycles. The van der Waals surface area contributed by atoms with E-state index in [4.69, 9.17) is 16.2 Å². The molecule has 4 nitrogen and oxygen atoms in total. The Balaban J connectivity index is 0.00000144. The molecule has 1 unspecified atom stereocenters. The van der Waals surface area contributed by atoms with E-state index >= 15 is 0 Å². The van der Waals surface area contributed by atoms with Crippen LogP contribution >= 0.6 is 24.8 Å². The zero-order chi connectivity index (χ0) is 15.4. The molecule has 0 saturated heterocycles. The lowest BCUT2D eigenvalue weighted by Gasteiger charge is -2.22. The van der Waals surface area contributed by atoms with Crippen molar-refractivity contribution in [1.82, 2.24) is 0 Å². The van der Waals surface area contributed by atoms with E-state index in [0.29, 0.717) is 19.0 Å². The first-order valence-electron chi connectivity index (χ1n) is 7.62. The summed E-state index contributed by atoms with van der Waals surface area (Å²) in [5.74, 6) is 1.47. The van der Waals surface area contributed by atoms with Gasteiger partial charge >= 0.3 is 0 Å². The van der Waals surface area contributed by atoms with Crippen LogP contribution in [-0.4, -0.2) is 19.0 Å². The molecule has 6 heteroatoms. The van der Waals surface area contributed by atoms with Gasteiger partial charge in [-0.15, -0.1) is 24.8 Å². The van der Waals surface area contributed by atoms with Crippen LogP contribution in [0.4, 0.5) is 0 Å². The second-order valence-corrected chi connectivity index (χ2v) is 5.45. The Bertz CT molecular complexity index is 691. The van der Waals surface area contributed by atoms with E-state index in [1.807, 2.05) is 36.4 Å². The molecule has 0 fully saturated rings. The smallest absolute Gasteiger partial charge is 0.126 e. The summed E-state index contributed by atoms with van der Waals surface area (Å²) in [5, 5.41) is 0. The first-order chi connectivity index (χ1) is 10.8. The van der Waals surface area contributed by atoms with Crippen LogP contribution in [0.5, 0.6) is 5.75 Å². The van der Waals surface area contributed by atoms with E-state index in [1.54, 1.807) is 0 Å². The molecule has 1 aliphatic heterocycles. The Morgan fingerprint density at radius 1 is 1.08 bits per heavy atom. The first kappa shape index (κ1) is 20.3. The molecule has 2 aromatic carbocycles. The quantitative estimate of drug-likeness (QED) is 0.796. The van der Waals surface area contributed by atoms with Gasteiger partial charge in [0, 0.05) is 5.56 Å². The molecule has 24 heavy (non-hydrogen) atoms. The molecule has 4 N–H and O–H groups in total. The van der Waals surface area contributed by atoms with E-state index in [-0.39, 0.29) is 30.9 Å². The SMILES string of the molecule is Cl.Cl.NCCCOc1cccc(C2Cc3ccccc3C(N)=N2)c1. The van der Waals surface area contributed by atoms with Crippen LogP contribution in [0.2, 0.25) is 0 Å². The molecule has 0 bridgehead atoms. The Morgan fingerprint density at radius 2 is 1.88 bits per heavy atom. The molecule has 1 heterocycles. The highest BCUT2D eigenvalue weighted by Gasteiger charge is 2.20. The molecule has 0 amide bonds. The van der Waals surface area contributed by atoms with Gasteiger partial charge in [-0.05, 0) is 42.6 Å². The van der Waals surface area contributed by atoms with Gasteiger partial charge in [-0.1, -0.05) is 36.4 Å². The van der Waals surface area contributed by atoms with Crippen LogP contribution in [-0.2, 0) is 6.42 Å². The lowest BCUT2D eigenvalue weighted by Crippen LogP contribution is -2.22. The van der Waals surface area contributed by atoms with Crippen LogP contribution in [0.25, 0.3) is 0 Å². The summed E-state index contributed by atoms with van der Waals surface area (Å²) in [5.41, 5.74) is 15.0. The van der Waals surface area contributed by atoms with Gasteiger partial charge in [-0.3, -0.25) is 4.99 Å². The van der Waals surface area contributed by atoms with E-state index < -0.39 is 0 Å². The molecule has 1 atom stereocenters. The summed E-state index contributed by atoms with van der Waals surface area (Å²) in [7, 11) is 0. The molecule has 0 radical (unpaired) electrons. The highest BCUT2D eigenvalue weighted by molar-refractivity contribution is 5.99. The van der Waals surface area contributed by atoms with Crippen LogP contribution in [0, 0.1) is 0 Å². The predicted octanol–water partition coefficient (Wildman–Crippen LogP) is 3.26. The van der Waals surface area contributed by atoms with E-state index in [1.165, 1.54) is 5.56 Å². The summed E-state index contributed by atoms with van der Waals surface area (Å²) in [6.45, 7) is 1.28. The minimum atomic E-state index is 0. The monoisotopic (exact) mass is 367 g/mol. The third-order valence-corrected chi connectivity index (χ3v) is 3.86. The molecular formula is C18H23Cl2N3O. The summed E-state index contributed by atoms with van der Waals surface area (Å²) in [4.78, 5) is 4.65. The van der Waals surface area contributed by atoms with Gasteiger partial charge in [-0.25, -0.2) is 0 Å². The van der Waals surface area contributed by atoms with Crippen molar-refractivity contribution in [3.63, 3.8) is 0 Å². The summed E-state index contributed by atoms with van der Waals surface area (Å²) >= 11 is 0. The number of nitrogens with two attached hydrogens (primary N) is 2. The standard InChI is InChI=1S/C18H21N3O.2ClH/c19-9-4-10-22-15-7-3-6-14(11-15)17-12-13-5-1-2-8-16(13)18(20)21-17;;/h1-3,5-8,11,17H,4,9-10,12,19H2,(H2,20,21);2*1H. The summed E-state index contributed by atoms with van der Waals surface area (Å²) in [6, 6.07) is 16.3. The normalized spacial score (nSPS) is 15.4. The molecule has 0 aromatic heterocycles. The number of aliphatic imine (C=N–C) groups is 1. The van der Waals surface area contributed by atoms with E-state index in [9.17, 15) is 0 Å². The Morgan fingerprint density at radius 3 is 2.67 bits per heavy atom. The van der Waals surface area contributed by atoms with Crippen LogP contribution in [0.1, 0.15) is 29.2 Å². The second kappa shape index (κ2) is 9.52. The fourth-order valence-corrected chi connectivity index (χ4v) is 2.72. The average Bonchev–Trinajstić information content (AvgIpc) is 2.55. The number of hydrogen-bond acceptors (Lipinski definition) is 4. The molecule has 0 aliphatic carbocycles. The molecule has 1 aliphatic rings. The van der Waals surface area contributed by atoms with Gasteiger partial charge in [0.15, 0.2) is 0 Å². The maximum atomic E-state index is 6.12. The van der Waals surface area contributed by atoms with Gasteiger partial charge in [0.2, 0.25) is 0 Å². The molecule has 2 aromatic rings. The zero-order valence-corrected chi connectivity index (χ0v) is 15.0. The number of benzene rings is 2. The third-order valence-electron chi connectivity index (χ3n) is 3.86. The lowest BCUT2D eigenvalue weighted by molar-refractivity contribution is 0.313. The third kappa shape index (κ3) is 4.63. The number of halogens is 2.